The summed E-state index contributed by atoms with van der Waals surface area (Å²) in [4.78, 5) is 23.6. The van der Waals surface area contributed by atoms with Crippen molar-refractivity contribution in [3.63, 3.8) is 0 Å². The van der Waals surface area contributed by atoms with Crippen molar-refractivity contribution >= 4 is 23.4 Å². The van der Waals surface area contributed by atoms with Gasteiger partial charge in [0.15, 0.2) is 0 Å². The molecule has 0 aliphatic carbocycles. The topological polar surface area (TPSA) is 90.7 Å². The molecule has 1 aliphatic rings. The van der Waals surface area contributed by atoms with Gasteiger partial charge >= 0.3 is 0 Å². The van der Waals surface area contributed by atoms with Crippen molar-refractivity contribution in [3.8, 4) is 5.75 Å². The van der Waals surface area contributed by atoms with E-state index in [1.165, 1.54) is 0 Å². The van der Waals surface area contributed by atoms with Gasteiger partial charge in [0, 0.05) is 22.8 Å². The van der Waals surface area contributed by atoms with E-state index in [-0.39, 0.29) is 18.1 Å². The fourth-order valence-corrected chi connectivity index (χ4v) is 2.84. The second kappa shape index (κ2) is 8.21. The quantitative estimate of drug-likeness (QED) is 0.840. The van der Waals surface area contributed by atoms with Crippen LogP contribution in [-0.2, 0) is 4.74 Å². The summed E-state index contributed by atoms with van der Waals surface area (Å²) in [6, 6.07) is 13.1. The van der Waals surface area contributed by atoms with Crippen molar-refractivity contribution in [2.24, 2.45) is 5.73 Å². The summed E-state index contributed by atoms with van der Waals surface area (Å²) in [5.41, 5.74) is 6.17. The number of carbonyl (C=O) groups excluding carboxylic acids is 2. The molecule has 26 heavy (non-hydrogen) atoms. The van der Waals surface area contributed by atoms with E-state index in [1.54, 1.807) is 48.5 Å². The fourth-order valence-electron chi connectivity index (χ4n) is 2.72. The van der Waals surface area contributed by atoms with Gasteiger partial charge in [0.25, 0.3) is 5.91 Å². The van der Waals surface area contributed by atoms with Gasteiger partial charge in [-0.25, -0.2) is 0 Å². The zero-order chi connectivity index (χ0) is 18.5. The van der Waals surface area contributed by atoms with Gasteiger partial charge in [0.1, 0.15) is 11.9 Å². The third-order valence-corrected chi connectivity index (χ3v) is 4.41. The third-order valence-electron chi connectivity index (χ3n) is 4.15. The first-order valence-electron chi connectivity index (χ1n) is 8.23. The Kier molecular flexibility index (Phi) is 5.75. The van der Waals surface area contributed by atoms with Crippen molar-refractivity contribution in [1.82, 2.24) is 5.32 Å². The first-order valence-corrected chi connectivity index (χ1v) is 8.61. The number of nitrogens with one attached hydrogen (secondary N) is 1. The van der Waals surface area contributed by atoms with Gasteiger partial charge in [-0.3, -0.25) is 9.59 Å². The average molecular weight is 375 g/mol. The molecular formula is C19H19ClN2O4. The van der Waals surface area contributed by atoms with Crippen LogP contribution in [0.1, 0.15) is 27.1 Å². The standard InChI is InChI=1S/C19H19ClN2O4/c20-14-5-1-13(2-6-14)19(24)22-16-9-10-25-11-17(16)26-15-7-3-12(4-8-15)18(21)23/h1-8,16-17H,9-11H2,(H2,21,23)(H,22,24)/t16-,17-/m1/s1. The molecule has 0 spiro atoms. The summed E-state index contributed by atoms with van der Waals surface area (Å²) in [5.74, 6) is -0.104. The van der Waals surface area contributed by atoms with E-state index in [1.807, 2.05) is 0 Å². The maximum Gasteiger partial charge on any atom is 0.251 e. The number of carbonyl (C=O) groups is 2. The summed E-state index contributed by atoms with van der Waals surface area (Å²) >= 11 is 5.86. The van der Waals surface area contributed by atoms with E-state index in [9.17, 15) is 9.59 Å². The Balaban J connectivity index is 1.66. The Labute approximate surface area is 156 Å². The second-order valence-electron chi connectivity index (χ2n) is 6.00. The lowest BCUT2D eigenvalue weighted by molar-refractivity contribution is -0.0135. The summed E-state index contributed by atoms with van der Waals surface area (Å²) in [7, 11) is 0. The number of primary amides is 1. The van der Waals surface area contributed by atoms with Crippen LogP contribution in [0.25, 0.3) is 0 Å². The highest BCUT2D eigenvalue weighted by Gasteiger charge is 2.29. The van der Waals surface area contributed by atoms with Gasteiger partial charge < -0.3 is 20.5 Å². The Morgan fingerprint density at radius 1 is 1.08 bits per heavy atom. The highest BCUT2D eigenvalue weighted by atomic mass is 35.5. The molecule has 0 saturated carbocycles. The van der Waals surface area contributed by atoms with Crippen LogP contribution in [0.5, 0.6) is 5.75 Å². The molecule has 0 bridgehead atoms. The molecule has 1 heterocycles. The molecule has 2 aromatic carbocycles. The van der Waals surface area contributed by atoms with Crippen molar-refractivity contribution < 1.29 is 19.1 Å². The summed E-state index contributed by atoms with van der Waals surface area (Å²) in [5, 5.41) is 3.57. The third kappa shape index (κ3) is 4.53. The summed E-state index contributed by atoms with van der Waals surface area (Å²) in [6.45, 7) is 0.912. The minimum absolute atomic E-state index is 0.189. The number of hydrogen-bond donors (Lipinski definition) is 2. The van der Waals surface area contributed by atoms with Crippen molar-refractivity contribution in [3.05, 3.63) is 64.7 Å². The number of ether oxygens (including phenoxy) is 2. The van der Waals surface area contributed by atoms with Crippen LogP contribution in [0.2, 0.25) is 5.02 Å². The van der Waals surface area contributed by atoms with Crippen LogP contribution in [0.3, 0.4) is 0 Å². The van der Waals surface area contributed by atoms with Gasteiger partial charge in [0.2, 0.25) is 5.91 Å². The number of amides is 2. The predicted octanol–water partition coefficient (Wildman–Crippen LogP) is 2.41. The Morgan fingerprint density at radius 2 is 1.73 bits per heavy atom. The molecule has 2 aromatic rings. The number of rotatable bonds is 5. The molecule has 0 aromatic heterocycles. The van der Waals surface area contributed by atoms with Gasteiger partial charge in [-0.05, 0) is 55.0 Å². The molecule has 3 N–H and O–H groups in total. The van der Waals surface area contributed by atoms with Crippen molar-refractivity contribution in [2.75, 3.05) is 13.2 Å². The SMILES string of the molecule is NC(=O)c1ccc(O[C@@H]2COCC[C@H]2NC(=O)c2ccc(Cl)cc2)cc1. The lowest BCUT2D eigenvalue weighted by atomic mass is 10.0. The Hall–Kier alpha value is -2.57. The highest BCUT2D eigenvalue weighted by molar-refractivity contribution is 6.30. The molecule has 6 nitrogen and oxygen atoms in total. The average Bonchev–Trinajstić information content (AvgIpc) is 2.64. The normalized spacial score (nSPS) is 19.6. The second-order valence-corrected chi connectivity index (χ2v) is 6.43. The van der Waals surface area contributed by atoms with Crippen LogP contribution in [-0.4, -0.2) is 37.2 Å². The van der Waals surface area contributed by atoms with Crippen LogP contribution in [0.15, 0.2) is 48.5 Å². The summed E-state index contributed by atoms with van der Waals surface area (Å²) < 4.78 is 11.4. The molecule has 1 aliphatic heterocycles. The van der Waals surface area contributed by atoms with E-state index >= 15 is 0 Å². The predicted molar refractivity (Wildman–Crippen MR) is 97.5 cm³/mol. The first-order chi connectivity index (χ1) is 12.5. The minimum Gasteiger partial charge on any atom is -0.486 e. The van der Waals surface area contributed by atoms with E-state index < -0.39 is 5.91 Å². The maximum absolute atomic E-state index is 12.4. The molecule has 1 saturated heterocycles. The van der Waals surface area contributed by atoms with E-state index in [0.717, 1.165) is 0 Å². The molecular weight excluding hydrogens is 356 g/mol. The molecule has 7 heteroatoms. The van der Waals surface area contributed by atoms with Crippen molar-refractivity contribution in [1.29, 1.82) is 0 Å². The lowest BCUT2D eigenvalue weighted by Gasteiger charge is -2.32. The van der Waals surface area contributed by atoms with Crippen molar-refractivity contribution in [2.45, 2.75) is 18.6 Å². The van der Waals surface area contributed by atoms with Crippen LogP contribution < -0.4 is 15.8 Å². The van der Waals surface area contributed by atoms with Gasteiger partial charge in [-0.1, -0.05) is 11.6 Å². The molecule has 0 radical (unpaired) electrons. The monoisotopic (exact) mass is 374 g/mol. The molecule has 2 atom stereocenters. The zero-order valence-electron chi connectivity index (χ0n) is 14.0. The molecule has 136 valence electrons. The van der Waals surface area contributed by atoms with E-state index in [0.29, 0.717) is 41.5 Å². The zero-order valence-corrected chi connectivity index (χ0v) is 14.7. The smallest absolute Gasteiger partial charge is 0.251 e. The number of nitrogens with two attached hydrogens (primary N) is 1. The molecule has 3 rings (SSSR count). The number of hydrogen-bond acceptors (Lipinski definition) is 4. The van der Waals surface area contributed by atoms with Gasteiger partial charge in [-0.15, -0.1) is 0 Å². The molecule has 0 unspecified atom stereocenters. The van der Waals surface area contributed by atoms with Crippen LogP contribution in [0.4, 0.5) is 0 Å². The van der Waals surface area contributed by atoms with E-state index in [2.05, 4.69) is 5.32 Å². The fraction of sp³-hybridized carbons (Fsp3) is 0.263. The van der Waals surface area contributed by atoms with Crippen LogP contribution in [0, 0.1) is 0 Å². The van der Waals surface area contributed by atoms with Gasteiger partial charge in [0.05, 0.1) is 12.6 Å². The minimum atomic E-state index is -0.495. The Bertz CT molecular complexity index is 777. The first kappa shape index (κ1) is 18.2. The Morgan fingerprint density at radius 3 is 2.38 bits per heavy atom. The largest absolute Gasteiger partial charge is 0.486 e. The highest BCUT2D eigenvalue weighted by Crippen LogP contribution is 2.19. The summed E-state index contributed by atoms with van der Waals surface area (Å²) in [6.07, 6.45) is 0.308. The maximum atomic E-state index is 12.4. The number of benzene rings is 2. The van der Waals surface area contributed by atoms with Crippen LogP contribution >= 0.6 is 11.6 Å². The molecule has 1 fully saturated rings. The lowest BCUT2D eigenvalue weighted by Crippen LogP contribution is -2.51. The number of halogens is 1. The molecule has 2 amide bonds. The van der Waals surface area contributed by atoms with E-state index in [4.69, 9.17) is 26.8 Å². The van der Waals surface area contributed by atoms with Gasteiger partial charge in [-0.2, -0.15) is 0 Å².